The van der Waals surface area contributed by atoms with Crippen LogP contribution in [0.2, 0.25) is 0 Å². The van der Waals surface area contributed by atoms with Crippen molar-refractivity contribution in [2.24, 2.45) is 29.4 Å². The molecule has 0 bridgehead atoms. The van der Waals surface area contributed by atoms with Gasteiger partial charge in [0.25, 0.3) is 11.8 Å². The number of nitrogens with zero attached hydrogens (tertiary/aromatic N) is 2. The fraction of sp³-hybridized carbons (Fsp3) is 0.576. The first-order valence-corrected chi connectivity index (χ1v) is 15.3. The molecule has 2 amide bonds. The number of ketones is 1. The number of carbonyl (C=O) groups is 3. The minimum atomic E-state index is -0.507. The van der Waals surface area contributed by atoms with Crippen LogP contribution in [0.5, 0.6) is 0 Å². The van der Waals surface area contributed by atoms with E-state index in [0.717, 1.165) is 56.5 Å². The van der Waals surface area contributed by atoms with Gasteiger partial charge in [-0.2, -0.15) is 0 Å². The number of aromatic nitrogens is 1. The van der Waals surface area contributed by atoms with Gasteiger partial charge >= 0.3 is 0 Å². The molecule has 0 spiro atoms. The highest BCUT2D eigenvalue weighted by atomic mass is 16.2. The van der Waals surface area contributed by atoms with Gasteiger partial charge in [-0.1, -0.05) is 27.7 Å². The highest BCUT2D eigenvalue weighted by Crippen LogP contribution is 2.39. The van der Waals surface area contributed by atoms with Crippen molar-refractivity contribution in [3.63, 3.8) is 0 Å². The Morgan fingerprint density at radius 1 is 1.00 bits per heavy atom. The third-order valence-electron chi connectivity index (χ3n) is 9.27. The van der Waals surface area contributed by atoms with Crippen molar-refractivity contribution < 1.29 is 14.4 Å². The molecule has 1 saturated heterocycles. The lowest BCUT2D eigenvalue weighted by Crippen LogP contribution is -2.43. The molecule has 3 unspecified atom stereocenters. The van der Waals surface area contributed by atoms with E-state index in [0.29, 0.717) is 46.2 Å². The number of anilines is 2. The monoisotopic (exact) mass is 559 g/mol. The van der Waals surface area contributed by atoms with Gasteiger partial charge in [-0.15, -0.1) is 0 Å². The van der Waals surface area contributed by atoms with Gasteiger partial charge < -0.3 is 21.3 Å². The highest BCUT2D eigenvalue weighted by molar-refractivity contribution is 6.03. The average Bonchev–Trinajstić information content (AvgIpc) is 3.70. The molecule has 2 aromatic rings. The quantitative estimate of drug-likeness (QED) is 0.338. The predicted molar refractivity (Wildman–Crippen MR) is 162 cm³/mol. The van der Waals surface area contributed by atoms with E-state index in [1.807, 2.05) is 19.1 Å². The van der Waals surface area contributed by atoms with Crippen LogP contribution in [0.15, 0.2) is 30.5 Å². The molecule has 1 aliphatic heterocycles. The lowest BCUT2D eigenvalue weighted by Gasteiger charge is -2.38. The van der Waals surface area contributed by atoms with Crippen LogP contribution in [0.4, 0.5) is 11.5 Å². The van der Waals surface area contributed by atoms with Gasteiger partial charge in [0.1, 0.15) is 5.82 Å². The SMILES string of the molecule is Cc1cc(C(N)=O)c(NC(C(C)C)C(C)C)cc1C(=O)NC1CC2CCCN(c3ccc(C(=O)C4CC4)cn3)C2C1. The number of fused-ring (bicyclic) bond motifs is 1. The Balaban J connectivity index is 1.30. The predicted octanol–water partition coefficient (Wildman–Crippen LogP) is 5.35. The third kappa shape index (κ3) is 6.26. The van der Waals surface area contributed by atoms with Gasteiger partial charge in [0.15, 0.2) is 5.78 Å². The number of benzene rings is 1. The second kappa shape index (κ2) is 11.8. The molecule has 5 rings (SSSR count). The molecule has 3 fully saturated rings. The molecule has 1 aromatic heterocycles. The number of primary amides is 1. The molecule has 8 nitrogen and oxygen atoms in total. The molecule has 3 aliphatic rings. The lowest BCUT2D eigenvalue weighted by molar-refractivity contribution is 0.0933. The van der Waals surface area contributed by atoms with Crippen molar-refractivity contribution in [1.29, 1.82) is 0 Å². The number of hydrogen-bond donors (Lipinski definition) is 3. The maximum absolute atomic E-state index is 13.6. The highest BCUT2D eigenvalue weighted by Gasteiger charge is 2.41. The molecule has 2 heterocycles. The Kier molecular flexibility index (Phi) is 8.39. The number of pyridine rings is 1. The summed E-state index contributed by atoms with van der Waals surface area (Å²) < 4.78 is 0. The second-order valence-corrected chi connectivity index (χ2v) is 13.1. The van der Waals surface area contributed by atoms with Gasteiger partial charge in [0, 0.05) is 53.6 Å². The molecular weight excluding hydrogens is 514 g/mol. The van der Waals surface area contributed by atoms with Crippen LogP contribution in [-0.2, 0) is 0 Å². The average molecular weight is 560 g/mol. The van der Waals surface area contributed by atoms with Crippen LogP contribution in [0.1, 0.15) is 103 Å². The summed E-state index contributed by atoms with van der Waals surface area (Å²) in [7, 11) is 0. The van der Waals surface area contributed by atoms with E-state index in [9.17, 15) is 14.4 Å². The van der Waals surface area contributed by atoms with E-state index in [2.05, 4.69) is 43.2 Å². The molecule has 220 valence electrons. The minimum absolute atomic E-state index is 0.0551. The van der Waals surface area contributed by atoms with Crippen LogP contribution in [-0.4, -0.2) is 47.3 Å². The van der Waals surface area contributed by atoms with E-state index < -0.39 is 5.91 Å². The van der Waals surface area contributed by atoms with Crippen molar-refractivity contribution in [2.75, 3.05) is 16.8 Å². The van der Waals surface area contributed by atoms with Crippen molar-refractivity contribution in [2.45, 2.75) is 91.3 Å². The Morgan fingerprint density at radius 2 is 1.73 bits per heavy atom. The Hall–Kier alpha value is -3.42. The van der Waals surface area contributed by atoms with Gasteiger partial charge in [-0.25, -0.2) is 4.98 Å². The topological polar surface area (TPSA) is 117 Å². The van der Waals surface area contributed by atoms with Crippen molar-refractivity contribution in [3.05, 3.63) is 52.7 Å². The summed E-state index contributed by atoms with van der Waals surface area (Å²) in [5.41, 5.74) is 8.75. The van der Waals surface area contributed by atoms with Crippen LogP contribution < -0.4 is 21.3 Å². The van der Waals surface area contributed by atoms with Crippen LogP contribution in [0.3, 0.4) is 0 Å². The van der Waals surface area contributed by atoms with Gasteiger partial charge in [0.2, 0.25) is 0 Å². The fourth-order valence-corrected chi connectivity index (χ4v) is 6.99. The largest absolute Gasteiger partial charge is 0.381 e. The number of piperidine rings is 1. The van der Waals surface area contributed by atoms with Crippen molar-refractivity contribution >= 4 is 29.1 Å². The van der Waals surface area contributed by atoms with E-state index in [-0.39, 0.29) is 29.7 Å². The molecular formula is C33H45N5O3. The van der Waals surface area contributed by atoms with Crippen LogP contribution in [0.25, 0.3) is 0 Å². The first-order chi connectivity index (χ1) is 19.5. The van der Waals surface area contributed by atoms with Gasteiger partial charge in [-0.3, -0.25) is 14.4 Å². The Labute approximate surface area is 243 Å². The van der Waals surface area contributed by atoms with Crippen LogP contribution >= 0.6 is 0 Å². The summed E-state index contributed by atoms with van der Waals surface area (Å²) in [4.78, 5) is 45.4. The number of aryl methyl sites for hydroxylation is 1. The summed E-state index contributed by atoms with van der Waals surface area (Å²) in [6, 6.07) is 7.93. The van der Waals surface area contributed by atoms with E-state index in [1.165, 1.54) is 0 Å². The number of hydrogen-bond acceptors (Lipinski definition) is 6. The zero-order valence-corrected chi connectivity index (χ0v) is 25.1. The molecule has 2 saturated carbocycles. The molecule has 4 N–H and O–H groups in total. The number of rotatable bonds is 10. The number of amides is 2. The van der Waals surface area contributed by atoms with E-state index in [1.54, 1.807) is 18.3 Å². The fourth-order valence-electron chi connectivity index (χ4n) is 6.99. The number of nitrogens with one attached hydrogen (secondary N) is 2. The summed E-state index contributed by atoms with van der Waals surface area (Å²) in [6.07, 6.45) is 7.73. The standard InChI is InChI=1S/C33H45N5O3/c1-18(2)30(19(3)4)37-27-16-25(20(5)13-26(27)32(34)40)33(41)36-24-14-22-7-6-12-38(28(22)15-24)29-11-10-23(17-35-29)31(39)21-8-9-21/h10-11,13,16-19,21-22,24,28,30,37H,6-9,12,14-15H2,1-5H3,(H2,34,40)(H,36,41). The number of carbonyl (C=O) groups excluding carboxylic acids is 3. The summed E-state index contributed by atoms with van der Waals surface area (Å²) in [6.45, 7) is 11.4. The lowest BCUT2D eigenvalue weighted by atomic mass is 9.92. The maximum atomic E-state index is 13.6. The van der Waals surface area contributed by atoms with E-state index >= 15 is 0 Å². The Bertz CT molecular complexity index is 1290. The van der Waals surface area contributed by atoms with Crippen molar-refractivity contribution in [3.8, 4) is 0 Å². The molecule has 2 aliphatic carbocycles. The van der Waals surface area contributed by atoms with E-state index in [4.69, 9.17) is 10.7 Å². The third-order valence-corrected chi connectivity index (χ3v) is 9.27. The first kappa shape index (κ1) is 29.1. The summed E-state index contributed by atoms with van der Waals surface area (Å²) in [5, 5.41) is 6.82. The van der Waals surface area contributed by atoms with Gasteiger partial charge in [0.05, 0.1) is 5.56 Å². The number of nitrogens with two attached hydrogens (primary N) is 1. The van der Waals surface area contributed by atoms with Crippen LogP contribution in [0, 0.1) is 30.6 Å². The molecule has 8 heteroatoms. The first-order valence-electron chi connectivity index (χ1n) is 15.3. The Morgan fingerprint density at radius 3 is 2.34 bits per heavy atom. The van der Waals surface area contributed by atoms with Crippen molar-refractivity contribution in [1.82, 2.24) is 10.3 Å². The summed E-state index contributed by atoms with van der Waals surface area (Å²) in [5.74, 6) is 1.85. The zero-order chi connectivity index (χ0) is 29.4. The molecule has 1 aromatic carbocycles. The zero-order valence-electron chi connectivity index (χ0n) is 25.1. The molecule has 0 radical (unpaired) electrons. The second-order valence-electron chi connectivity index (χ2n) is 13.1. The minimum Gasteiger partial charge on any atom is -0.381 e. The van der Waals surface area contributed by atoms with Gasteiger partial charge in [-0.05, 0) is 93.0 Å². The molecule has 3 atom stereocenters. The number of Topliss-reactive ketones (excluding diaryl/α,β-unsaturated/α-hetero) is 1. The normalized spacial score (nSPS) is 22.2. The smallest absolute Gasteiger partial charge is 0.251 e. The summed E-state index contributed by atoms with van der Waals surface area (Å²) >= 11 is 0. The molecule has 41 heavy (non-hydrogen) atoms. The maximum Gasteiger partial charge on any atom is 0.251 e.